The fourth-order valence-electron chi connectivity index (χ4n) is 4.87. The van der Waals surface area contributed by atoms with Crippen molar-refractivity contribution in [2.75, 3.05) is 43.6 Å². The van der Waals surface area contributed by atoms with Crippen molar-refractivity contribution in [1.82, 2.24) is 4.90 Å². The number of rotatable bonds is 8. The van der Waals surface area contributed by atoms with Crippen molar-refractivity contribution in [2.45, 2.75) is 45.0 Å². The summed E-state index contributed by atoms with van der Waals surface area (Å²) in [6.45, 7) is 11.7. The van der Waals surface area contributed by atoms with E-state index in [-0.39, 0.29) is 25.2 Å². The summed E-state index contributed by atoms with van der Waals surface area (Å²) < 4.78 is 16.3. The van der Waals surface area contributed by atoms with E-state index < -0.39 is 30.0 Å². The van der Waals surface area contributed by atoms with Gasteiger partial charge in [0.15, 0.2) is 11.8 Å². The molecule has 11 nitrogen and oxygen atoms in total. The predicted molar refractivity (Wildman–Crippen MR) is 146 cm³/mol. The van der Waals surface area contributed by atoms with E-state index in [0.29, 0.717) is 42.1 Å². The molecule has 2 aliphatic heterocycles. The molecule has 2 aliphatic rings. The topological polar surface area (TPSA) is 119 Å². The van der Waals surface area contributed by atoms with Crippen LogP contribution in [0.3, 0.4) is 0 Å². The number of nitrogens with zero attached hydrogens (tertiary/aromatic N) is 3. The summed E-state index contributed by atoms with van der Waals surface area (Å²) >= 11 is 0. The number of morpholine rings is 1. The lowest BCUT2D eigenvalue weighted by Gasteiger charge is -2.35. The van der Waals surface area contributed by atoms with Crippen molar-refractivity contribution in [3.05, 3.63) is 65.0 Å². The van der Waals surface area contributed by atoms with Crippen LogP contribution in [0.15, 0.2) is 42.5 Å². The van der Waals surface area contributed by atoms with E-state index in [0.717, 1.165) is 18.9 Å². The van der Waals surface area contributed by atoms with Crippen LogP contribution in [0.4, 0.5) is 17.1 Å². The Morgan fingerprint density at radius 1 is 1.20 bits per heavy atom. The van der Waals surface area contributed by atoms with Crippen molar-refractivity contribution in [2.24, 2.45) is 0 Å². The van der Waals surface area contributed by atoms with Crippen LogP contribution in [0.1, 0.15) is 36.2 Å². The molecule has 3 atom stereocenters. The van der Waals surface area contributed by atoms with Crippen LogP contribution in [0.5, 0.6) is 0 Å². The molecule has 0 unspecified atom stereocenters. The Kier molecular flexibility index (Phi) is 9.14. The zero-order valence-electron chi connectivity index (χ0n) is 22.7. The highest BCUT2D eigenvalue weighted by molar-refractivity contribution is 6.05. The maximum Gasteiger partial charge on any atom is 0.303 e. The Labute approximate surface area is 232 Å². The second-order valence-corrected chi connectivity index (χ2v) is 9.56. The molecule has 1 N–H and O–H groups in total. The van der Waals surface area contributed by atoms with Crippen LogP contribution >= 0.6 is 0 Å². The molecule has 3 amide bonds. The quantitative estimate of drug-likeness (QED) is 0.398. The maximum absolute atomic E-state index is 13.6. The number of amides is 3. The number of benzene rings is 2. The molecule has 2 saturated heterocycles. The average Bonchev–Trinajstić information content (AvgIpc) is 3.45. The summed E-state index contributed by atoms with van der Waals surface area (Å²) in [7, 11) is 1.62. The van der Waals surface area contributed by atoms with Crippen LogP contribution in [-0.4, -0.2) is 80.3 Å². The Bertz CT molecular complexity index is 1340. The number of anilines is 2. The minimum absolute atomic E-state index is 0.00256. The number of hydrogen-bond donors (Lipinski definition) is 1. The Morgan fingerprint density at radius 3 is 2.67 bits per heavy atom. The Hall–Kier alpha value is -4.27. The van der Waals surface area contributed by atoms with Gasteiger partial charge in [-0.15, -0.1) is 0 Å². The summed E-state index contributed by atoms with van der Waals surface area (Å²) in [6, 6.07) is 11.6. The highest BCUT2D eigenvalue weighted by Crippen LogP contribution is 2.27. The number of ether oxygens (including phenoxy) is 3. The van der Waals surface area contributed by atoms with Crippen LogP contribution in [0.2, 0.25) is 0 Å². The van der Waals surface area contributed by atoms with E-state index in [2.05, 4.69) is 10.2 Å². The van der Waals surface area contributed by atoms with Crippen molar-refractivity contribution in [1.29, 1.82) is 0 Å². The molecule has 0 radical (unpaired) electrons. The van der Waals surface area contributed by atoms with Crippen molar-refractivity contribution in [3.8, 4) is 0 Å². The molecule has 0 saturated carbocycles. The molecule has 11 heteroatoms. The fraction of sp³-hybridized carbons (Fsp3) is 0.414. The SMILES string of the molecule is [C-]#[N+]c1ccc(NC(=O)[C@H](OC(C)=O)[C@H]2OCCN(c3cccc(C(=O)N4CC[C@@H](OC)C4)c3)C2=O)cc1CC. The smallest absolute Gasteiger partial charge is 0.303 e. The predicted octanol–water partition coefficient (Wildman–Crippen LogP) is 2.96. The van der Waals surface area contributed by atoms with Gasteiger partial charge in [0.05, 0.1) is 19.3 Å². The van der Waals surface area contributed by atoms with E-state index in [1.54, 1.807) is 54.5 Å². The van der Waals surface area contributed by atoms with E-state index in [9.17, 15) is 19.2 Å². The van der Waals surface area contributed by atoms with Gasteiger partial charge in [-0.05, 0) is 48.7 Å². The van der Waals surface area contributed by atoms with E-state index in [1.165, 1.54) is 4.90 Å². The lowest BCUT2D eigenvalue weighted by atomic mass is 10.1. The van der Waals surface area contributed by atoms with Crippen LogP contribution in [0, 0.1) is 6.57 Å². The number of carbonyl (C=O) groups is 4. The summed E-state index contributed by atoms with van der Waals surface area (Å²) in [4.78, 5) is 58.5. The molecular weight excluding hydrogens is 516 g/mol. The standard InChI is InChI=1S/C29H32N4O7/c1-5-19-15-21(9-10-24(19)30-3)31-27(35)25(40-18(2)34)26-29(37)33(13-14-39-26)22-8-6-7-20(16-22)28(36)32-12-11-23(17-32)38-4/h6-10,15-16,23,25-26H,5,11-14,17H2,1-2,4H3,(H,31,35)/t23-,25-,26-/m1/s1. The molecule has 2 heterocycles. The zero-order chi connectivity index (χ0) is 28.8. The lowest BCUT2D eigenvalue weighted by molar-refractivity contribution is -0.167. The maximum atomic E-state index is 13.6. The fourth-order valence-corrected chi connectivity index (χ4v) is 4.87. The van der Waals surface area contributed by atoms with Gasteiger partial charge in [-0.2, -0.15) is 0 Å². The van der Waals surface area contributed by atoms with Gasteiger partial charge in [0.25, 0.3) is 17.7 Å². The van der Waals surface area contributed by atoms with E-state index in [1.807, 2.05) is 6.92 Å². The summed E-state index contributed by atoms with van der Waals surface area (Å²) in [5.41, 5.74) is 2.51. The van der Waals surface area contributed by atoms with E-state index in [4.69, 9.17) is 20.8 Å². The Morgan fingerprint density at radius 2 is 2.00 bits per heavy atom. The molecule has 2 aromatic carbocycles. The molecule has 210 valence electrons. The lowest BCUT2D eigenvalue weighted by Crippen LogP contribution is -2.56. The summed E-state index contributed by atoms with van der Waals surface area (Å²) in [5, 5.41) is 2.68. The van der Waals surface area contributed by atoms with Gasteiger partial charge in [0.2, 0.25) is 6.10 Å². The number of nitrogens with one attached hydrogen (secondary N) is 1. The molecule has 2 fully saturated rings. The number of carbonyl (C=O) groups excluding carboxylic acids is 4. The minimum atomic E-state index is -1.56. The third-order valence-corrected chi connectivity index (χ3v) is 6.97. The van der Waals surface area contributed by atoms with Crippen LogP contribution in [0.25, 0.3) is 4.85 Å². The first-order chi connectivity index (χ1) is 19.2. The number of methoxy groups -OCH3 is 1. The van der Waals surface area contributed by atoms with Gasteiger partial charge in [-0.3, -0.25) is 19.2 Å². The third kappa shape index (κ3) is 6.30. The molecule has 0 spiro atoms. The Balaban J connectivity index is 1.54. The number of likely N-dealkylation sites (tertiary alicyclic amines) is 1. The zero-order valence-corrected chi connectivity index (χ0v) is 22.7. The molecular formula is C29H32N4O7. The third-order valence-electron chi connectivity index (χ3n) is 6.97. The van der Waals surface area contributed by atoms with Crippen LogP contribution < -0.4 is 10.2 Å². The molecule has 2 aromatic rings. The van der Waals surface area contributed by atoms with Gasteiger partial charge < -0.3 is 29.3 Å². The van der Waals surface area contributed by atoms with Gasteiger partial charge >= 0.3 is 5.97 Å². The van der Waals surface area contributed by atoms with Crippen molar-refractivity contribution < 1.29 is 33.4 Å². The van der Waals surface area contributed by atoms with Gasteiger partial charge in [0, 0.05) is 50.6 Å². The summed E-state index contributed by atoms with van der Waals surface area (Å²) in [5.74, 6) is -2.22. The van der Waals surface area contributed by atoms with Crippen molar-refractivity contribution >= 4 is 40.8 Å². The first-order valence-electron chi connectivity index (χ1n) is 13.1. The number of hydrogen-bond acceptors (Lipinski definition) is 7. The highest BCUT2D eigenvalue weighted by atomic mass is 16.6. The highest BCUT2D eigenvalue weighted by Gasteiger charge is 2.43. The summed E-state index contributed by atoms with van der Waals surface area (Å²) in [6.07, 6.45) is -1.61. The largest absolute Gasteiger partial charge is 0.449 e. The second kappa shape index (κ2) is 12.7. The van der Waals surface area contributed by atoms with Crippen molar-refractivity contribution in [3.63, 3.8) is 0 Å². The number of aryl methyl sites for hydroxylation is 1. The van der Waals surface area contributed by atoms with E-state index >= 15 is 0 Å². The van der Waals surface area contributed by atoms with Gasteiger partial charge in [-0.25, -0.2) is 4.85 Å². The molecule has 40 heavy (non-hydrogen) atoms. The van der Waals surface area contributed by atoms with Gasteiger partial charge in [-0.1, -0.05) is 19.1 Å². The first kappa shape index (κ1) is 28.7. The second-order valence-electron chi connectivity index (χ2n) is 9.56. The monoisotopic (exact) mass is 548 g/mol. The van der Waals surface area contributed by atoms with Gasteiger partial charge in [0.1, 0.15) is 0 Å². The van der Waals surface area contributed by atoms with Crippen LogP contribution in [-0.2, 0) is 35.0 Å². The number of esters is 1. The molecule has 4 rings (SSSR count). The normalized spacial score (nSPS) is 19.6. The molecule has 0 aliphatic carbocycles. The minimum Gasteiger partial charge on any atom is -0.449 e. The average molecular weight is 549 g/mol. The first-order valence-corrected chi connectivity index (χ1v) is 13.1. The molecule has 0 bridgehead atoms. The molecule has 0 aromatic heterocycles.